The monoisotopic (exact) mass is 329 g/mol. The highest BCUT2D eigenvalue weighted by Gasteiger charge is 2.13. The molecule has 1 heterocycles. The highest BCUT2D eigenvalue weighted by Crippen LogP contribution is 2.14. The molecule has 5 heteroatoms. The van der Waals surface area contributed by atoms with Gasteiger partial charge in [0.05, 0.1) is 5.56 Å². The largest absolute Gasteiger partial charge is 0.336 e. The number of carbonyl (C=O) groups is 1. The van der Waals surface area contributed by atoms with Gasteiger partial charge < -0.3 is 4.90 Å². The normalized spacial score (nSPS) is 9.85. The van der Waals surface area contributed by atoms with Crippen LogP contribution in [0.3, 0.4) is 0 Å². The Balaban J connectivity index is 2.10. The van der Waals surface area contributed by atoms with Gasteiger partial charge in [-0.25, -0.2) is 4.98 Å². The molecule has 2 rings (SSSR count). The van der Waals surface area contributed by atoms with Crippen LogP contribution in [0, 0.1) is 11.3 Å². The predicted octanol–water partition coefficient (Wildman–Crippen LogP) is 2.99. The van der Waals surface area contributed by atoms with E-state index in [9.17, 15) is 4.79 Å². The molecule has 2 aromatic rings. The number of nitrogens with zero attached hydrogens (tertiary/aromatic N) is 3. The molecule has 0 bridgehead atoms. The Hall–Kier alpha value is -2.19. The van der Waals surface area contributed by atoms with Gasteiger partial charge in [0.25, 0.3) is 5.91 Å². The molecule has 1 aromatic carbocycles. The third-order valence-corrected chi connectivity index (χ3v) is 3.26. The molecule has 0 spiro atoms. The summed E-state index contributed by atoms with van der Waals surface area (Å²) in [6.45, 7) is 0.500. The Morgan fingerprint density at radius 1 is 1.40 bits per heavy atom. The van der Waals surface area contributed by atoms with Crippen molar-refractivity contribution < 1.29 is 4.79 Å². The van der Waals surface area contributed by atoms with Gasteiger partial charge in [0.1, 0.15) is 11.8 Å². The molecular formula is C15H12BrN3O. The van der Waals surface area contributed by atoms with Crippen LogP contribution in [0.5, 0.6) is 0 Å². The van der Waals surface area contributed by atoms with E-state index in [4.69, 9.17) is 5.26 Å². The van der Waals surface area contributed by atoms with Gasteiger partial charge in [-0.3, -0.25) is 4.79 Å². The first kappa shape index (κ1) is 14.2. The van der Waals surface area contributed by atoms with Gasteiger partial charge in [0.2, 0.25) is 0 Å². The van der Waals surface area contributed by atoms with Gasteiger partial charge in [-0.2, -0.15) is 5.26 Å². The summed E-state index contributed by atoms with van der Waals surface area (Å²) in [7, 11) is 1.73. The molecule has 0 aliphatic heterocycles. The van der Waals surface area contributed by atoms with Crippen molar-refractivity contribution in [2.75, 3.05) is 7.05 Å². The number of benzene rings is 1. The number of halogens is 1. The zero-order valence-corrected chi connectivity index (χ0v) is 12.5. The number of amides is 1. The van der Waals surface area contributed by atoms with Crippen LogP contribution in [0.4, 0.5) is 0 Å². The number of hydrogen-bond acceptors (Lipinski definition) is 3. The lowest BCUT2D eigenvalue weighted by molar-refractivity contribution is 0.0779. The topological polar surface area (TPSA) is 57.0 Å². The number of nitriles is 1. The van der Waals surface area contributed by atoms with Crippen molar-refractivity contribution >= 4 is 21.8 Å². The fourth-order valence-corrected chi connectivity index (χ4v) is 2.21. The predicted molar refractivity (Wildman–Crippen MR) is 78.9 cm³/mol. The average molecular weight is 330 g/mol. The van der Waals surface area contributed by atoms with Crippen molar-refractivity contribution in [2.24, 2.45) is 0 Å². The Kier molecular flexibility index (Phi) is 4.49. The minimum Gasteiger partial charge on any atom is -0.336 e. The summed E-state index contributed by atoms with van der Waals surface area (Å²) in [6, 6.07) is 12.9. The zero-order valence-electron chi connectivity index (χ0n) is 10.9. The number of hydrogen-bond donors (Lipinski definition) is 0. The van der Waals surface area contributed by atoms with Crippen molar-refractivity contribution in [1.82, 2.24) is 9.88 Å². The Morgan fingerprint density at radius 2 is 2.20 bits per heavy atom. The van der Waals surface area contributed by atoms with Crippen LogP contribution in [0.2, 0.25) is 0 Å². The van der Waals surface area contributed by atoms with E-state index in [1.54, 1.807) is 24.1 Å². The summed E-state index contributed by atoms with van der Waals surface area (Å²) in [6.07, 6.45) is 1.40. The molecule has 0 N–H and O–H groups in total. The maximum atomic E-state index is 12.2. The van der Waals surface area contributed by atoms with E-state index in [1.165, 1.54) is 6.20 Å². The van der Waals surface area contributed by atoms with Crippen molar-refractivity contribution in [2.45, 2.75) is 6.54 Å². The Morgan fingerprint density at radius 3 is 2.80 bits per heavy atom. The van der Waals surface area contributed by atoms with Crippen LogP contribution in [0.15, 0.2) is 47.1 Å². The maximum Gasteiger partial charge on any atom is 0.272 e. The average Bonchev–Trinajstić information content (AvgIpc) is 2.46. The highest BCUT2D eigenvalue weighted by atomic mass is 79.9. The summed E-state index contributed by atoms with van der Waals surface area (Å²) in [5.41, 5.74) is 1.81. The standard InChI is InChI=1S/C15H12BrN3O/c1-19(10-11-3-2-4-13(16)7-11)15(20)14-6-5-12(8-17)9-18-14/h2-7,9H,10H2,1H3. The van der Waals surface area contributed by atoms with Crippen LogP contribution in [0.1, 0.15) is 21.6 Å². The van der Waals surface area contributed by atoms with Gasteiger partial charge in [0, 0.05) is 24.3 Å². The molecule has 0 fully saturated rings. The number of rotatable bonds is 3. The fraction of sp³-hybridized carbons (Fsp3) is 0.133. The van der Waals surface area contributed by atoms with E-state index in [0.29, 0.717) is 17.8 Å². The molecule has 4 nitrogen and oxygen atoms in total. The minimum atomic E-state index is -0.172. The zero-order chi connectivity index (χ0) is 14.5. The number of carbonyl (C=O) groups excluding carboxylic acids is 1. The van der Waals surface area contributed by atoms with Gasteiger partial charge >= 0.3 is 0 Å². The first-order valence-electron chi connectivity index (χ1n) is 5.96. The van der Waals surface area contributed by atoms with E-state index in [1.807, 2.05) is 30.3 Å². The molecule has 100 valence electrons. The molecule has 0 saturated carbocycles. The van der Waals surface area contributed by atoms with Gasteiger partial charge in [-0.15, -0.1) is 0 Å². The second kappa shape index (κ2) is 6.31. The van der Waals surface area contributed by atoms with Crippen LogP contribution in [-0.2, 0) is 6.54 Å². The summed E-state index contributed by atoms with van der Waals surface area (Å²) in [5, 5.41) is 8.71. The van der Waals surface area contributed by atoms with E-state index in [2.05, 4.69) is 20.9 Å². The van der Waals surface area contributed by atoms with E-state index in [-0.39, 0.29) is 5.91 Å². The molecule has 20 heavy (non-hydrogen) atoms. The molecule has 0 saturated heterocycles. The SMILES string of the molecule is CN(Cc1cccc(Br)c1)C(=O)c1ccc(C#N)cn1. The summed E-state index contributed by atoms with van der Waals surface area (Å²) < 4.78 is 0.979. The first-order valence-corrected chi connectivity index (χ1v) is 6.75. The lowest BCUT2D eigenvalue weighted by Gasteiger charge is -2.17. The molecule has 0 aliphatic rings. The van der Waals surface area contributed by atoms with Crippen LogP contribution >= 0.6 is 15.9 Å². The summed E-state index contributed by atoms with van der Waals surface area (Å²) >= 11 is 3.40. The van der Waals surface area contributed by atoms with Crippen molar-refractivity contribution in [3.8, 4) is 6.07 Å². The van der Waals surface area contributed by atoms with Crippen molar-refractivity contribution in [3.63, 3.8) is 0 Å². The molecule has 0 aliphatic carbocycles. The smallest absolute Gasteiger partial charge is 0.272 e. The van der Waals surface area contributed by atoms with Crippen LogP contribution < -0.4 is 0 Å². The minimum absolute atomic E-state index is 0.172. The van der Waals surface area contributed by atoms with E-state index < -0.39 is 0 Å². The van der Waals surface area contributed by atoms with E-state index >= 15 is 0 Å². The van der Waals surface area contributed by atoms with Gasteiger partial charge in [-0.05, 0) is 29.8 Å². The highest BCUT2D eigenvalue weighted by molar-refractivity contribution is 9.10. The van der Waals surface area contributed by atoms with Crippen molar-refractivity contribution in [1.29, 1.82) is 5.26 Å². The summed E-state index contributed by atoms with van der Waals surface area (Å²) in [5.74, 6) is -0.172. The third-order valence-electron chi connectivity index (χ3n) is 2.77. The van der Waals surface area contributed by atoms with Crippen molar-refractivity contribution in [3.05, 3.63) is 63.9 Å². The molecule has 0 unspecified atom stereocenters. The molecule has 1 aromatic heterocycles. The number of aromatic nitrogens is 1. The third kappa shape index (κ3) is 3.43. The maximum absolute atomic E-state index is 12.2. The van der Waals surface area contributed by atoms with Gasteiger partial charge in [-0.1, -0.05) is 28.1 Å². The van der Waals surface area contributed by atoms with E-state index in [0.717, 1.165) is 10.0 Å². The lowest BCUT2D eigenvalue weighted by atomic mass is 10.2. The second-order valence-corrected chi connectivity index (χ2v) is 5.25. The Labute approximate surface area is 125 Å². The molecule has 0 atom stereocenters. The quantitative estimate of drug-likeness (QED) is 0.869. The fourth-order valence-electron chi connectivity index (χ4n) is 1.76. The number of pyridine rings is 1. The molecule has 1 amide bonds. The molecule has 0 radical (unpaired) electrons. The first-order chi connectivity index (χ1) is 9.60. The summed E-state index contributed by atoms with van der Waals surface area (Å²) in [4.78, 5) is 17.8. The van der Waals surface area contributed by atoms with Crippen LogP contribution in [0.25, 0.3) is 0 Å². The lowest BCUT2D eigenvalue weighted by Crippen LogP contribution is -2.27. The molecular weight excluding hydrogens is 318 g/mol. The Bertz CT molecular complexity index is 662. The van der Waals surface area contributed by atoms with Gasteiger partial charge in [0.15, 0.2) is 0 Å². The van der Waals surface area contributed by atoms with Crippen LogP contribution in [-0.4, -0.2) is 22.8 Å². The second-order valence-electron chi connectivity index (χ2n) is 4.34.